The van der Waals surface area contributed by atoms with Gasteiger partial charge >= 0.3 is 5.97 Å². The van der Waals surface area contributed by atoms with Gasteiger partial charge in [-0.1, -0.05) is 72.3 Å². The van der Waals surface area contributed by atoms with Gasteiger partial charge in [0.15, 0.2) is 0 Å². The van der Waals surface area contributed by atoms with Gasteiger partial charge in [-0.3, -0.25) is 4.79 Å². The Labute approximate surface area is 206 Å². The molecular formula is C30H48O4. The molecule has 4 nitrogen and oxygen atoms in total. The zero-order chi connectivity index (χ0) is 25.4. The summed E-state index contributed by atoms with van der Waals surface area (Å²) in [5.41, 5.74) is 2.25. The van der Waals surface area contributed by atoms with E-state index in [4.69, 9.17) is 0 Å². The molecule has 0 amide bonds. The number of carboxylic acid groups (broad SMARTS) is 1. The van der Waals surface area contributed by atoms with Crippen LogP contribution in [0, 0.1) is 51.2 Å². The summed E-state index contributed by atoms with van der Waals surface area (Å²) in [7, 11) is 0. The van der Waals surface area contributed by atoms with E-state index in [1.807, 2.05) is 6.92 Å². The molecule has 4 aliphatic carbocycles. The molecule has 3 saturated carbocycles. The lowest BCUT2D eigenvalue weighted by molar-refractivity contribution is -0.219. The second-order valence-corrected chi connectivity index (χ2v) is 13.9. The summed E-state index contributed by atoms with van der Waals surface area (Å²) in [5.74, 6) is 0.116. The SMILES string of the molecule is C=C1CC[C@]2(C)C(=C[C@@H](O)[C@@H]3[C@@]4(C)CC[C@H](O)C(C)(C)[C@@H]4CC[C@]32C)[C@@H]1[C@@H](C)[C@H](C)CC(=O)O. The van der Waals surface area contributed by atoms with Gasteiger partial charge in [-0.2, -0.15) is 0 Å². The molecule has 0 aromatic carbocycles. The molecule has 4 rings (SSSR count). The van der Waals surface area contributed by atoms with Crippen LogP contribution in [0.3, 0.4) is 0 Å². The number of carboxylic acids is 1. The van der Waals surface area contributed by atoms with E-state index in [1.165, 1.54) is 11.1 Å². The third kappa shape index (κ3) is 3.41. The highest BCUT2D eigenvalue weighted by Gasteiger charge is 2.68. The molecule has 3 fully saturated rings. The normalized spacial score (nSPS) is 47.5. The van der Waals surface area contributed by atoms with Gasteiger partial charge in [0.25, 0.3) is 0 Å². The van der Waals surface area contributed by atoms with Gasteiger partial charge in [-0.15, -0.1) is 0 Å². The number of hydrogen-bond donors (Lipinski definition) is 3. The van der Waals surface area contributed by atoms with Crippen LogP contribution in [0.1, 0.15) is 93.4 Å². The fourth-order valence-corrected chi connectivity index (χ4v) is 9.77. The monoisotopic (exact) mass is 472 g/mol. The lowest BCUT2D eigenvalue weighted by Gasteiger charge is -2.70. The van der Waals surface area contributed by atoms with Gasteiger partial charge in [0, 0.05) is 18.3 Å². The second-order valence-electron chi connectivity index (χ2n) is 13.9. The van der Waals surface area contributed by atoms with Crippen molar-refractivity contribution in [1.82, 2.24) is 0 Å². The molecule has 4 aliphatic rings. The Morgan fingerprint density at radius 1 is 1.09 bits per heavy atom. The topological polar surface area (TPSA) is 77.8 Å². The van der Waals surface area contributed by atoms with Gasteiger partial charge in [-0.25, -0.2) is 0 Å². The summed E-state index contributed by atoms with van der Waals surface area (Å²) >= 11 is 0. The highest BCUT2D eigenvalue weighted by molar-refractivity contribution is 5.67. The Morgan fingerprint density at radius 2 is 1.74 bits per heavy atom. The van der Waals surface area contributed by atoms with E-state index in [0.717, 1.165) is 38.5 Å². The Bertz CT molecular complexity index is 888. The van der Waals surface area contributed by atoms with Crippen LogP contribution in [0.25, 0.3) is 0 Å². The van der Waals surface area contributed by atoms with Crippen LogP contribution in [0.5, 0.6) is 0 Å². The predicted molar refractivity (Wildman–Crippen MR) is 136 cm³/mol. The summed E-state index contributed by atoms with van der Waals surface area (Å²) < 4.78 is 0. The summed E-state index contributed by atoms with van der Waals surface area (Å²) in [5, 5.41) is 32.2. The number of fused-ring (bicyclic) bond motifs is 5. The maximum atomic E-state index is 11.9. The molecule has 192 valence electrons. The van der Waals surface area contributed by atoms with Crippen LogP contribution in [-0.2, 0) is 4.79 Å². The quantitative estimate of drug-likeness (QED) is 0.424. The molecule has 10 atom stereocenters. The molecule has 0 heterocycles. The number of allylic oxidation sites excluding steroid dienone is 2. The lowest BCUT2D eigenvalue weighted by atomic mass is 9.34. The smallest absolute Gasteiger partial charge is 0.303 e. The van der Waals surface area contributed by atoms with Crippen molar-refractivity contribution in [3.63, 3.8) is 0 Å². The maximum Gasteiger partial charge on any atom is 0.303 e. The minimum absolute atomic E-state index is 0.0215. The van der Waals surface area contributed by atoms with E-state index >= 15 is 0 Å². The first-order chi connectivity index (χ1) is 15.6. The molecular weight excluding hydrogens is 424 g/mol. The maximum absolute atomic E-state index is 11.9. The Morgan fingerprint density at radius 3 is 2.35 bits per heavy atom. The standard InChI is InChI=1S/C30H48O4/c1-17-9-13-29(7)20(25(17)19(3)18(2)15-24(33)34)16-21(31)26-28(6)12-11-23(32)27(4,5)22(28)10-14-30(26,29)8/h16,18-19,21-23,25-26,31-32H,1,9-15H2,2-8H3,(H,33,34)/t18-,19+,21-,22+,23+,25+,26-,28+,29-,30-/m1/s1. The lowest BCUT2D eigenvalue weighted by Crippen LogP contribution is -2.66. The van der Waals surface area contributed by atoms with Crippen LogP contribution < -0.4 is 0 Å². The highest BCUT2D eigenvalue weighted by atomic mass is 16.4. The van der Waals surface area contributed by atoms with Crippen molar-refractivity contribution in [2.24, 2.45) is 51.2 Å². The molecule has 34 heavy (non-hydrogen) atoms. The van der Waals surface area contributed by atoms with Crippen molar-refractivity contribution in [2.45, 2.75) is 106 Å². The summed E-state index contributed by atoms with van der Waals surface area (Å²) in [4.78, 5) is 11.5. The van der Waals surface area contributed by atoms with Gasteiger partial charge in [0.1, 0.15) is 0 Å². The number of hydrogen-bond acceptors (Lipinski definition) is 3. The van der Waals surface area contributed by atoms with Gasteiger partial charge in [0.2, 0.25) is 0 Å². The zero-order valence-corrected chi connectivity index (χ0v) is 22.5. The third-order valence-electron chi connectivity index (χ3n) is 12.1. The molecule has 0 aromatic rings. The van der Waals surface area contributed by atoms with Crippen molar-refractivity contribution in [2.75, 3.05) is 0 Å². The van der Waals surface area contributed by atoms with E-state index in [9.17, 15) is 20.1 Å². The van der Waals surface area contributed by atoms with Crippen LogP contribution in [0.15, 0.2) is 23.8 Å². The van der Waals surface area contributed by atoms with Crippen molar-refractivity contribution >= 4 is 5.97 Å². The largest absolute Gasteiger partial charge is 0.481 e. The Balaban J connectivity index is 1.80. The molecule has 0 aromatic heterocycles. The van der Waals surface area contributed by atoms with Crippen LogP contribution >= 0.6 is 0 Å². The van der Waals surface area contributed by atoms with E-state index in [1.54, 1.807) is 0 Å². The van der Waals surface area contributed by atoms with Crippen molar-refractivity contribution in [3.8, 4) is 0 Å². The van der Waals surface area contributed by atoms with E-state index in [0.29, 0.717) is 5.92 Å². The number of carbonyl (C=O) groups is 1. The molecule has 0 radical (unpaired) electrons. The first kappa shape index (κ1) is 25.9. The number of rotatable bonds is 4. The van der Waals surface area contributed by atoms with Crippen LogP contribution in [0.4, 0.5) is 0 Å². The molecule has 0 spiro atoms. The number of aliphatic hydroxyl groups excluding tert-OH is 2. The predicted octanol–water partition coefficient (Wildman–Crippen LogP) is 6.23. The number of aliphatic hydroxyl groups is 2. The first-order valence-corrected chi connectivity index (χ1v) is 13.6. The van der Waals surface area contributed by atoms with E-state index < -0.39 is 12.1 Å². The number of aliphatic carboxylic acids is 1. The Hall–Kier alpha value is -1.13. The third-order valence-corrected chi connectivity index (χ3v) is 12.1. The van der Waals surface area contributed by atoms with Crippen molar-refractivity contribution < 1.29 is 20.1 Å². The molecule has 0 bridgehead atoms. The minimum atomic E-state index is -0.749. The minimum Gasteiger partial charge on any atom is -0.481 e. The average Bonchev–Trinajstić information content (AvgIpc) is 2.72. The first-order valence-electron chi connectivity index (χ1n) is 13.6. The Kier molecular flexibility index (Phi) is 6.26. The summed E-state index contributed by atoms with van der Waals surface area (Å²) in [6, 6.07) is 0. The van der Waals surface area contributed by atoms with Gasteiger partial charge < -0.3 is 15.3 Å². The molecule has 0 saturated heterocycles. The van der Waals surface area contributed by atoms with E-state index in [-0.39, 0.29) is 57.9 Å². The van der Waals surface area contributed by atoms with E-state index in [2.05, 4.69) is 54.2 Å². The van der Waals surface area contributed by atoms with Crippen molar-refractivity contribution in [3.05, 3.63) is 23.8 Å². The molecule has 0 unspecified atom stereocenters. The molecule has 3 N–H and O–H groups in total. The van der Waals surface area contributed by atoms with Crippen LogP contribution in [-0.4, -0.2) is 33.5 Å². The highest BCUT2D eigenvalue weighted by Crippen LogP contribution is 2.73. The van der Waals surface area contributed by atoms with Gasteiger partial charge in [-0.05, 0) is 77.9 Å². The fourth-order valence-electron chi connectivity index (χ4n) is 9.77. The molecule has 0 aliphatic heterocycles. The van der Waals surface area contributed by atoms with Gasteiger partial charge in [0.05, 0.1) is 12.2 Å². The average molecular weight is 473 g/mol. The van der Waals surface area contributed by atoms with Crippen molar-refractivity contribution in [1.29, 1.82) is 0 Å². The molecule has 4 heteroatoms. The fraction of sp³-hybridized carbons (Fsp3) is 0.833. The summed E-state index contributed by atoms with van der Waals surface area (Å²) in [6.07, 6.45) is 7.43. The second kappa shape index (κ2) is 8.20. The summed E-state index contributed by atoms with van der Waals surface area (Å²) in [6.45, 7) is 20.4. The zero-order valence-electron chi connectivity index (χ0n) is 22.5. The van der Waals surface area contributed by atoms with Crippen LogP contribution in [0.2, 0.25) is 0 Å².